The summed E-state index contributed by atoms with van der Waals surface area (Å²) < 4.78 is 3.33. The molecule has 1 N–H and O–H groups in total. The quantitative estimate of drug-likeness (QED) is 0.366. The number of thioether (sulfide) groups is 1. The number of imidazole rings is 1. The van der Waals surface area contributed by atoms with Crippen LogP contribution in [0.2, 0.25) is 0 Å². The number of H-pyrrole nitrogens is 1. The number of nitrogens with zero attached hydrogens (tertiary/aromatic N) is 6. The van der Waals surface area contributed by atoms with Gasteiger partial charge in [-0.05, 0) is 37.6 Å². The second-order valence-corrected chi connectivity index (χ2v) is 7.63. The van der Waals surface area contributed by atoms with Gasteiger partial charge in [-0.25, -0.2) is 33.7 Å². The lowest BCUT2D eigenvalue weighted by Gasteiger charge is -2.15. The van der Waals surface area contributed by atoms with Gasteiger partial charge in [0.15, 0.2) is 5.65 Å². The molecular weight excluding hydrogens is 386 g/mol. The SMILES string of the molecule is Cc1ccccc1-n1c(CSc2ncnc3nc[nH]c23)nc2ccc(C)n2c1=O. The highest BCUT2D eigenvalue weighted by molar-refractivity contribution is 7.98. The fraction of sp³-hybridized carbons (Fsp3) is 0.150. The van der Waals surface area contributed by atoms with E-state index < -0.39 is 0 Å². The Balaban J connectivity index is 1.66. The van der Waals surface area contributed by atoms with Crippen molar-refractivity contribution in [3.05, 3.63) is 76.6 Å². The van der Waals surface area contributed by atoms with Gasteiger partial charge in [0.2, 0.25) is 0 Å². The number of nitrogens with one attached hydrogen (secondary N) is 1. The molecule has 0 bridgehead atoms. The number of hydrogen-bond acceptors (Lipinski definition) is 6. The van der Waals surface area contributed by atoms with E-state index in [-0.39, 0.29) is 5.69 Å². The number of aromatic nitrogens is 7. The van der Waals surface area contributed by atoms with E-state index in [1.165, 1.54) is 18.1 Å². The summed E-state index contributed by atoms with van der Waals surface area (Å²) in [5.41, 5.74) is 4.59. The van der Waals surface area contributed by atoms with Crippen molar-refractivity contribution >= 4 is 28.6 Å². The van der Waals surface area contributed by atoms with Crippen molar-refractivity contribution in [2.24, 2.45) is 0 Å². The predicted molar refractivity (Wildman–Crippen MR) is 112 cm³/mol. The molecule has 4 aromatic heterocycles. The molecule has 29 heavy (non-hydrogen) atoms. The number of fused-ring (bicyclic) bond motifs is 2. The van der Waals surface area contributed by atoms with Crippen LogP contribution < -0.4 is 5.69 Å². The first-order valence-electron chi connectivity index (χ1n) is 9.06. The van der Waals surface area contributed by atoms with E-state index in [2.05, 4.69) is 19.9 Å². The highest BCUT2D eigenvalue weighted by atomic mass is 32.2. The van der Waals surface area contributed by atoms with Gasteiger partial charge in [-0.1, -0.05) is 30.0 Å². The molecule has 0 saturated carbocycles. The lowest BCUT2D eigenvalue weighted by atomic mass is 10.2. The lowest BCUT2D eigenvalue weighted by molar-refractivity contribution is 0.779. The molecule has 0 fully saturated rings. The average Bonchev–Trinajstić information content (AvgIpc) is 3.34. The van der Waals surface area contributed by atoms with Crippen molar-refractivity contribution in [2.45, 2.75) is 24.6 Å². The average molecular weight is 403 g/mol. The van der Waals surface area contributed by atoms with Crippen LogP contribution in [0.15, 0.2) is 58.9 Å². The van der Waals surface area contributed by atoms with Gasteiger partial charge >= 0.3 is 5.69 Å². The zero-order valence-electron chi connectivity index (χ0n) is 15.8. The van der Waals surface area contributed by atoms with Crippen molar-refractivity contribution < 1.29 is 0 Å². The van der Waals surface area contributed by atoms with Crippen LogP contribution in [-0.2, 0) is 5.75 Å². The Labute approximate surface area is 169 Å². The molecule has 0 atom stereocenters. The molecule has 4 heterocycles. The number of rotatable bonds is 4. The van der Waals surface area contributed by atoms with Gasteiger partial charge in [0.25, 0.3) is 0 Å². The van der Waals surface area contributed by atoms with E-state index in [1.54, 1.807) is 15.3 Å². The summed E-state index contributed by atoms with van der Waals surface area (Å²) in [6, 6.07) is 11.6. The molecule has 0 amide bonds. The van der Waals surface area contributed by atoms with Gasteiger partial charge in [-0.2, -0.15) is 0 Å². The van der Waals surface area contributed by atoms with Crippen molar-refractivity contribution in [1.82, 2.24) is 33.9 Å². The van der Waals surface area contributed by atoms with Gasteiger partial charge in [-0.3, -0.25) is 0 Å². The summed E-state index contributed by atoms with van der Waals surface area (Å²) in [5, 5.41) is 0.768. The third-order valence-corrected chi connectivity index (χ3v) is 5.81. The van der Waals surface area contributed by atoms with Crippen LogP contribution >= 0.6 is 11.8 Å². The van der Waals surface area contributed by atoms with E-state index >= 15 is 0 Å². The summed E-state index contributed by atoms with van der Waals surface area (Å²) in [7, 11) is 0. The summed E-state index contributed by atoms with van der Waals surface area (Å²) >= 11 is 1.49. The van der Waals surface area contributed by atoms with Crippen LogP contribution in [0.5, 0.6) is 0 Å². The number of hydrogen-bond donors (Lipinski definition) is 1. The van der Waals surface area contributed by atoms with Crippen molar-refractivity contribution in [1.29, 1.82) is 0 Å². The molecule has 0 unspecified atom stereocenters. The molecule has 0 saturated heterocycles. The second-order valence-electron chi connectivity index (χ2n) is 6.67. The van der Waals surface area contributed by atoms with Crippen molar-refractivity contribution in [3.8, 4) is 5.69 Å². The van der Waals surface area contributed by atoms with Crippen LogP contribution in [0.1, 0.15) is 17.1 Å². The third-order valence-electron chi connectivity index (χ3n) is 4.82. The molecule has 8 nitrogen and oxygen atoms in total. The molecule has 0 aliphatic heterocycles. The van der Waals surface area contributed by atoms with Crippen LogP contribution in [0.25, 0.3) is 22.5 Å². The number of para-hydroxylation sites is 1. The Kier molecular flexibility index (Phi) is 4.17. The Bertz CT molecular complexity index is 1420. The Morgan fingerprint density at radius 3 is 2.79 bits per heavy atom. The molecule has 5 aromatic rings. The predicted octanol–water partition coefficient (Wildman–Crippen LogP) is 3.06. The highest BCUT2D eigenvalue weighted by Gasteiger charge is 2.16. The monoisotopic (exact) mass is 403 g/mol. The molecule has 0 spiro atoms. The first-order valence-corrected chi connectivity index (χ1v) is 10.0. The van der Waals surface area contributed by atoms with Gasteiger partial charge in [0.05, 0.1) is 17.8 Å². The number of benzene rings is 1. The Morgan fingerprint density at radius 2 is 1.93 bits per heavy atom. The van der Waals surface area contributed by atoms with Crippen LogP contribution in [0.3, 0.4) is 0 Å². The maximum Gasteiger partial charge on any atom is 0.340 e. The minimum atomic E-state index is -0.128. The lowest BCUT2D eigenvalue weighted by Crippen LogP contribution is -2.30. The van der Waals surface area contributed by atoms with Gasteiger partial charge in [0, 0.05) is 5.69 Å². The number of aryl methyl sites for hydroxylation is 2. The number of aromatic amines is 1. The third kappa shape index (κ3) is 2.90. The fourth-order valence-electron chi connectivity index (χ4n) is 3.39. The van der Waals surface area contributed by atoms with E-state index in [0.29, 0.717) is 22.9 Å². The Morgan fingerprint density at radius 1 is 1.07 bits per heavy atom. The Hall–Kier alpha value is -3.46. The maximum atomic E-state index is 13.4. The molecule has 9 heteroatoms. The van der Waals surface area contributed by atoms with Gasteiger partial charge in [-0.15, -0.1) is 0 Å². The van der Waals surface area contributed by atoms with E-state index in [0.717, 1.165) is 27.5 Å². The molecule has 0 aliphatic rings. The first kappa shape index (κ1) is 17.6. The van der Waals surface area contributed by atoms with Crippen molar-refractivity contribution in [2.75, 3.05) is 0 Å². The summed E-state index contributed by atoms with van der Waals surface area (Å²) in [6.45, 7) is 3.90. The maximum absolute atomic E-state index is 13.4. The molecule has 1 aromatic carbocycles. The van der Waals surface area contributed by atoms with E-state index in [9.17, 15) is 4.79 Å². The minimum Gasteiger partial charge on any atom is -0.341 e. The smallest absolute Gasteiger partial charge is 0.340 e. The van der Waals surface area contributed by atoms with Crippen LogP contribution in [0.4, 0.5) is 0 Å². The molecule has 5 rings (SSSR count). The van der Waals surface area contributed by atoms with Crippen molar-refractivity contribution in [3.63, 3.8) is 0 Å². The van der Waals surface area contributed by atoms with E-state index in [4.69, 9.17) is 4.98 Å². The molecule has 0 radical (unpaired) electrons. The van der Waals surface area contributed by atoms with Gasteiger partial charge in [0.1, 0.15) is 28.3 Å². The highest BCUT2D eigenvalue weighted by Crippen LogP contribution is 2.26. The van der Waals surface area contributed by atoms with Gasteiger partial charge < -0.3 is 4.98 Å². The first-order chi connectivity index (χ1) is 14.1. The normalized spacial score (nSPS) is 11.5. The summed E-state index contributed by atoms with van der Waals surface area (Å²) in [6.07, 6.45) is 3.09. The largest absolute Gasteiger partial charge is 0.341 e. The molecular formula is C20H17N7OS. The standard InChI is InChI=1S/C20H17N7OS/c1-12-5-3-4-6-14(12)27-16(25-15-8-7-13(2)26(15)20(27)28)9-29-19-17-18(22-10-21-17)23-11-24-19/h3-8,10-11H,9H2,1-2H3,(H,21,22,23,24). The van der Waals surface area contributed by atoms with Crippen LogP contribution in [0, 0.1) is 13.8 Å². The molecule has 0 aliphatic carbocycles. The summed E-state index contributed by atoms with van der Waals surface area (Å²) in [4.78, 5) is 34.0. The molecule has 144 valence electrons. The zero-order chi connectivity index (χ0) is 20.0. The minimum absolute atomic E-state index is 0.128. The second kappa shape index (κ2) is 6.85. The topological polar surface area (TPSA) is 93.8 Å². The van der Waals surface area contributed by atoms with Crippen LogP contribution in [-0.4, -0.2) is 33.9 Å². The summed E-state index contributed by atoms with van der Waals surface area (Å²) in [5.74, 6) is 1.13. The fourth-order valence-corrected chi connectivity index (χ4v) is 4.27. The van der Waals surface area contributed by atoms with E-state index in [1.807, 2.05) is 50.2 Å². The zero-order valence-corrected chi connectivity index (χ0v) is 16.6.